The first-order chi connectivity index (χ1) is 12.4. The normalized spacial score (nSPS) is 15.4. The highest BCUT2D eigenvalue weighted by Gasteiger charge is 2.25. The van der Waals surface area contributed by atoms with Crippen LogP contribution in [0.1, 0.15) is 10.4 Å². The van der Waals surface area contributed by atoms with Gasteiger partial charge >= 0.3 is 5.17 Å². The SMILES string of the molecule is CN(C)c1ccc(/C(=C2/C=NC(=[N+](C)C)S2)c2ccc(N(C)C)s2)cc1. The van der Waals surface area contributed by atoms with Crippen LogP contribution in [0.25, 0.3) is 5.57 Å². The Kier molecular flexibility index (Phi) is 5.53. The summed E-state index contributed by atoms with van der Waals surface area (Å²) in [6, 6.07) is 13.1. The van der Waals surface area contributed by atoms with Crippen molar-refractivity contribution in [3.8, 4) is 0 Å². The van der Waals surface area contributed by atoms with Crippen LogP contribution in [-0.2, 0) is 0 Å². The zero-order valence-electron chi connectivity index (χ0n) is 16.1. The number of hydrogen-bond acceptors (Lipinski definition) is 4. The smallest absolute Gasteiger partial charge is 0.359 e. The van der Waals surface area contributed by atoms with Gasteiger partial charge in [-0.15, -0.1) is 11.3 Å². The number of amidine groups is 1. The van der Waals surface area contributed by atoms with Gasteiger partial charge in [0.15, 0.2) is 6.21 Å². The second-order valence-corrected chi connectivity index (χ2v) is 8.82. The first-order valence-corrected chi connectivity index (χ1v) is 10.1. The van der Waals surface area contributed by atoms with Gasteiger partial charge in [-0.3, -0.25) is 4.58 Å². The van der Waals surface area contributed by atoms with Gasteiger partial charge in [-0.25, -0.2) is 0 Å². The van der Waals surface area contributed by atoms with E-state index in [1.165, 1.54) is 31.6 Å². The van der Waals surface area contributed by atoms with Crippen molar-refractivity contribution in [3.63, 3.8) is 0 Å². The number of benzene rings is 1. The molecule has 1 aliphatic rings. The first kappa shape index (κ1) is 18.7. The predicted molar refractivity (Wildman–Crippen MR) is 119 cm³/mol. The fourth-order valence-electron chi connectivity index (χ4n) is 2.62. The molecular formula is C20H25N4S2+. The summed E-state index contributed by atoms with van der Waals surface area (Å²) >= 11 is 3.54. The fraction of sp³-hybridized carbons (Fsp3) is 0.300. The van der Waals surface area contributed by atoms with Crippen LogP contribution in [0.3, 0.4) is 0 Å². The molecule has 0 amide bonds. The summed E-state index contributed by atoms with van der Waals surface area (Å²) in [5.41, 5.74) is 3.67. The van der Waals surface area contributed by atoms with E-state index < -0.39 is 0 Å². The minimum atomic E-state index is 1.02. The molecule has 1 aromatic heterocycles. The van der Waals surface area contributed by atoms with Crippen LogP contribution in [0, 0.1) is 0 Å². The topological polar surface area (TPSA) is 21.9 Å². The van der Waals surface area contributed by atoms with Gasteiger partial charge in [0.25, 0.3) is 0 Å². The van der Waals surface area contributed by atoms with Gasteiger partial charge < -0.3 is 9.80 Å². The van der Waals surface area contributed by atoms with Crippen LogP contribution >= 0.6 is 23.1 Å². The lowest BCUT2D eigenvalue weighted by Gasteiger charge is -2.14. The molecule has 0 spiro atoms. The molecule has 2 aromatic rings. The summed E-state index contributed by atoms with van der Waals surface area (Å²) in [5.74, 6) is 0. The van der Waals surface area contributed by atoms with Crippen LogP contribution in [0.4, 0.5) is 10.7 Å². The highest BCUT2D eigenvalue weighted by atomic mass is 32.2. The van der Waals surface area contributed by atoms with Crippen molar-refractivity contribution in [1.29, 1.82) is 0 Å². The fourth-order valence-corrected chi connectivity index (χ4v) is 4.62. The average molecular weight is 386 g/mol. The Balaban J connectivity index is 2.11. The molecule has 0 aliphatic carbocycles. The number of hydrogen-bond donors (Lipinski definition) is 0. The van der Waals surface area contributed by atoms with Gasteiger partial charge in [-0.05, 0) is 34.8 Å². The molecule has 4 nitrogen and oxygen atoms in total. The molecule has 3 rings (SSSR count). The van der Waals surface area contributed by atoms with Gasteiger partial charge in [0.05, 0.1) is 24.0 Å². The summed E-state index contributed by atoms with van der Waals surface area (Å²) in [5, 5.41) is 2.27. The van der Waals surface area contributed by atoms with E-state index in [9.17, 15) is 0 Å². The van der Waals surface area contributed by atoms with E-state index in [0.717, 1.165) is 5.17 Å². The molecule has 1 aliphatic heterocycles. The Morgan fingerprint density at radius 3 is 2.12 bits per heavy atom. The molecule has 2 heterocycles. The average Bonchev–Trinajstić information content (AvgIpc) is 3.26. The Bertz CT molecular complexity index is 883. The Morgan fingerprint density at radius 1 is 0.923 bits per heavy atom. The second kappa shape index (κ2) is 7.68. The van der Waals surface area contributed by atoms with Gasteiger partial charge in [0, 0.05) is 56.1 Å². The van der Waals surface area contributed by atoms with Gasteiger partial charge in [-0.1, -0.05) is 12.1 Å². The molecule has 0 saturated heterocycles. The standard InChI is InChI=1S/C20H25N4S2/c1-22(2)15-9-7-14(8-10-15)19(16-11-12-18(25-16)23(3)4)17-13-21-20(26-17)24(5)6/h7-13H,1-6H3/q+1. The number of nitrogens with zero attached hydrogens (tertiary/aromatic N) is 4. The summed E-state index contributed by atoms with van der Waals surface area (Å²) in [7, 11) is 12.4. The van der Waals surface area contributed by atoms with E-state index in [4.69, 9.17) is 0 Å². The van der Waals surface area contributed by atoms with Gasteiger partial charge in [-0.2, -0.15) is 0 Å². The van der Waals surface area contributed by atoms with Crippen molar-refractivity contribution < 1.29 is 4.58 Å². The molecule has 0 bridgehead atoms. The van der Waals surface area contributed by atoms with Crippen molar-refractivity contribution in [1.82, 2.24) is 0 Å². The maximum atomic E-state index is 4.58. The number of thioether (sulfide) groups is 1. The number of anilines is 2. The summed E-state index contributed by atoms with van der Waals surface area (Å²) < 4.78 is 2.06. The quantitative estimate of drug-likeness (QED) is 0.740. The Morgan fingerprint density at radius 2 is 1.62 bits per heavy atom. The van der Waals surface area contributed by atoms with Gasteiger partial charge in [0.2, 0.25) is 0 Å². The molecule has 136 valence electrons. The van der Waals surface area contributed by atoms with Crippen LogP contribution < -0.4 is 9.80 Å². The van der Waals surface area contributed by atoms with Crippen molar-refractivity contribution in [2.24, 2.45) is 4.99 Å². The molecular weight excluding hydrogens is 360 g/mol. The molecule has 0 N–H and O–H groups in total. The number of aliphatic imine (C=N–C) groups is 1. The van der Waals surface area contributed by atoms with Crippen LogP contribution in [0.15, 0.2) is 46.3 Å². The summed E-state index contributed by atoms with van der Waals surface area (Å²) in [6.45, 7) is 0. The maximum absolute atomic E-state index is 4.58. The first-order valence-electron chi connectivity index (χ1n) is 8.42. The number of rotatable bonds is 4. The van der Waals surface area contributed by atoms with Crippen LogP contribution in [0.2, 0.25) is 0 Å². The minimum Gasteiger partial charge on any atom is -0.378 e. The highest BCUT2D eigenvalue weighted by Crippen LogP contribution is 2.40. The molecule has 1 aromatic carbocycles. The van der Waals surface area contributed by atoms with E-state index in [-0.39, 0.29) is 0 Å². The van der Waals surface area contributed by atoms with Gasteiger partial charge in [0.1, 0.15) is 0 Å². The van der Waals surface area contributed by atoms with E-state index in [1.807, 2.05) is 31.6 Å². The maximum Gasteiger partial charge on any atom is 0.359 e. The third-order valence-electron chi connectivity index (χ3n) is 4.07. The number of thiophene rings is 1. The summed E-state index contributed by atoms with van der Waals surface area (Å²) in [4.78, 5) is 11.3. The lowest BCUT2D eigenvalue weighted by Crippen LogP contribution is -2.08. The second-order valence-electron chi connectivity index (χ2n) is 6.75. The molecule has 6 heteroatoms. The summed E-state index contributed by atoms with van der Waals surface area (Å²) in [6.07, 6.45) is 1.99. The lowest BCUT2D eigenvalue weighted by atomic mass is 10.0. The van der Waals surface area contributed by atoms with E-state index >= 15 is 0 Å². The molecule has 0 saturated carbocycles. The van der Waals surface area contributed by atoms with E-state index in [2.05, 4.69) is 84.0 Å². The molecule has 0 unspecified atom stereocenters. The monoisotopic (exact) mass is 385 g/mol. The molecule has 26 heavy (non-hydrogen) atoms. The zero-order chi connectivity index (χ0) is 18.8. The van der Waals surface area contributed by atoms with Crippen LogP contribution in [-0.4, -0.2) is 58.2 Å². The van der Waals surface area contributed by atoms with Crippen molar-refractivity contribution in [2.45, 2.75) is 0 Å². The van der Waals surface area contributed by atoms with Crippen molar-refractivity contribution >= 4 is 50.7 Å². The predicted octanol–water partition coefficient (Wildman–Crippen LogP) is 4.09. The molecule has 0 atom stereocenters. The Hall–Kier alpha value is -2.05. The van der Waals surface area contributed by atoms with Crippen molar-refractivity contribution in [3.05, 3.63) is 51.7 Å². The third-order valence-corrected chi connectivity index (χ3v) is 6.53. The van der Waals surface area contributed by atoms with E-state index in [0.29, 0.717) is 0 Å². The van der Waals surface area contributed by atoms with E-state index in [1.54, 1.807) is 11.8 Å². The molecule has 0 radical (unpaired) electrons. The molecule has 0 fully saturated rings. The third kappa shape index (κ3) is 3.86. The highest BCUT2D eigenvalue weighted by molar-refractivity contribution is 8.18. The van der Waals surface area contributed by atoms with Crippen molar-refractivity contribution in [2.75, 3.05) is 52.1 Å². The Labute approximate surface area is 164 Å². The lowest BCUT2D eigenvalue weighted by molar-refractivity contribution is -0.462. The van der Waals surface area contributed by atoms with Crippen LogP contribution in [0.5, 0.6) is 0 Å². The number of allylic oxidation sites excluding steroid dienone is 1. The minimum absolute atomic E-state index is 1.02. The largest absolute Gasteiger partial charge is 0.378 e. The zero-order valence-corrected chi connectivity index (χ0v) is 17.8.